The number of fused-ring (bicyclic) bond motifs is 2. The molecule has 1 fully saturated rings. The van der Waals surface area contributed by atoms with Gasteiger partial charge in [-0.15, -0.1) is 11.3 Å². The highest BCUT2D eigenvalue weighted by Crippen LogP contribution is 2.33. The van der Waals surface area contributed by atoms with Crippen molar-refractivity contribution in [2.75, 3.05) is 36.8 Å². The zero-order valence-corrected chi connectivity index (χ0v) is 19.2. The number of nitrogens with zero attached hydrogens (tertiary/aromatic N) is 4. The number of hydrogen-bond donors (Lipinski definition) is 3. The van der Waals surface area contributed by atoms with E-state index in [0.29, 0.717) is 43.2 Å². The van der Waals surface area contributed by atoms with Crippen LogP contribution in [0.3, 0.4) is 0 Å². The van der Waals surface area contributed by atoms with E-state index in [-0.39, 0.29) is 11.9 Å². The molecule has 5 rings (SSSR count). The molecule has 2 aliphatic rings. The van der Waals surface area contributed by atoms with Gasteiger partial charge in [-0.3, -0.25) is 9.78 Å². The van der Waals surface area contributed by atoms with Crippen LogP contribution in [0.25, 0.3) is 10.2 Å². The molecule has 1 aliphatic heterocycles. The molecule has 2 amide bonds. The molecule has 1 aliphatic carbocycles. The molecule has 0 aromatic carbocycles. The molecule has 172 valence electrons. The Morgan fingerprint density at radius 2 is 2.03 bits per heavy atom. The van der Waals surface area contributed by atoms with Gasteiger partial charge >= 0.3 is 6.09 Å². The fourth-order valence-electron chi connectivity index (χ4n) is 4.55. The van der Waals surface area contributed by atoms with Crippen molar-refractivity contribution in [3.63, 3.8) is 0 Å². The number of carboxylic acid groups (broad SMARTS) is 1. The topological polar surface area (TPSA) is 125 Å². The van der Waals surface area contributed by atoms with Gasteiger partial charge in [0.15, 0.2) is 0 Å². The molecule has 0 bridgehead atoms. The maximum atomic E-state index is 13.0. The molecule has 4 N–H and O–H groups in total. The molecule has 1 atom stereocenters. The summed E-state index contributed by atoms with van der Waals surface area (Å²) in [6.07, 6.45) is 3.33. The third kappa shape index (κ3) is 4.18. The van der Waals surface area contributed by atoms with Crippen LogP contribution in [-0.2, 0) is 12.8 Å². The lowest BCUT2D eigenvalue weighted by molar-refractivity contribution is 0.0938. The van der Waals surface area contributed by atoms with Crippen molar-refractivity contribution in [1.82, 2.24) is 20.2 Å². The van der Waals surface area contributed by atoms with E-state index in [1.54, 1.807) is 0 Å². The van der Waals surface area contributed by atoms with Gasteiger partial charge in [-0.1, -0.05) is 0 Å². The molecule has 10 heteroatoms. The standard InChI is InChI=1S/C23H26N6O3S/c1-13-2-5-17-19(24)20(33-22(17)26-13)21(30)27-15-4-3-14-10-16(12-25-18(14)11-15)28-6-8-29(9-7-28)23(31)32/h2,5,10,12,15H,3-4,6-9,11,24H2,1H3,(H,27,30)(H,31,32)/t15-/m0/s1. The van der Waals surface area contributed by atoms with E-state index in [1.807, 2.05) is 25.3 Å². The molecule has 1 saturated heterocycles. The molecule has 4 heterocycles. The van der Waals surface area contributed by atoms with Gasteiger partial charge in [0, 0.05) is 55.4 Å². The van der Waals surface area contributed by atoms with Crippen LogP contribution >= 0.6 is 11.3 Å². The quantitative estimate of drug-likeness (QED) is 0.542. The number of carbonyl (C=O) groups is 2. The Morgan fingerprint density at radius 1 is 1.24 bits per heavy atom. The fourth-order valence-corrected chi connectivity index (χ4v) is 5.60. The van der Waals surface area contributed by atoms with Crippen molar-refractivity contribution >= 4 is 44.9 Å². The predicted octanol–water partition coefficient (Wildman–Crippen LogP) is 2.67. The Balaban J connectivity index is 1.25. The summed E-state index contributed by atoms with van der Waals surface area (Å²) < 4.78 is 0. The Bertz CT molecular complexity index is 1230. The lowest BCUT2D eigenvalue weighted by atomic mass is 9.91. The summed E-state index contributed by atoms with van der Waals surface area (Å²) in [6.45, 7) is 4.24. The van der Waals surface area contributed by atoms with Gasteiger partial charge < -0.3 is 26.0 Å². The van der Waals surface area contributed by atoms with E-state index in [4.69, 9.17) is 10.8 Å². The van der Waals surface area contributed by atoms with Crippen molar-refractivity contribution in [2.45, 2.75) is 32.2 Å². The summed E-state index contributed by atoms with van der Waals surface area (Å²) in [5.41, 5.74) is 10.9. The van der Waals surface area contributed by atoms with E-state index in [2.05, 4.69) is 26.3 Å². The minimum atomic E-state index is -0.866. The number of amides is 2. The van der Waals surface area contributed by atoms with Gasteiger partial charge in [0.2, 0.25) is 0 Å². The monoisotopic (exact) mass is 466 g/mol. The number of thiophene rings is 1. The molecule has 3 aromatic heterocycles. The molecule has 0 radical (unpaired) electrons. The summed E-state index contributed by atoms with van der Waals surface area (Å²) in [4.78, 5) is 38.2. The number of nitrogens with two attached hydrogens (primary N) is 1. The zero-order chi connectivity index (χ0) is 23.1. The van der Waals surface area contributed by atoms with Gasteiger partial charge in [-0.05, 0) is 43.5 Å². The van der Waals surface area contributed by atoms with E-state index in [1.165, 1.54) is 21.8 Å². The Morgan fingerprint density at radius 3 is 2.79 bits per heavy atom. The molecule has 9 nitrogen and oxygen atoms in total. The number of piperazine rings is 1. The summed E-state index contributed by atoms with van der Waals surface area (Å²) in [5.74, 6) is -0.158. The zero-order valence-electron chi connectivity index (χ0n) is 18.4. The van der Waals surface area contributed by atoms with Crippen LogP contribution in [0.5, 0.6) is 0 Å². The molecular weight excluding hydrogens is 440 g/mol. The lowest BCUT2D eigenvalue weighted by Crippen LogP contribution is -2.48. The van der Waals surface area contributed by atoms with Crippen molar-refractivity contribution in [3.05, 3.63) is 46.2 Å². The van der Waals surface area contributed by atoms with Crippen molar-refractivity contribution in [3.8, 4) is 0 Å². The largest absolute Gasteiger partial charge is 0.465 e. The molecule has 3 aromatic rings. The van der Waals surface area contributed by atoms with E-state index in [0.717, 1.165) is 40.1 Å². The van der Waals surface area contributed by atoms with Crippen LogP contribution in [0, 0.1) is 6.92 Å². The number of rotatable bonds is 3. The average molecular weight is 467 g/mol. The lowest BCUT2D eigenvalue weighted by Gasteiger charge is -2.35. The molecule has 0 spiro atoms. The third-order valence-electron chi connectivity index (χ3n) is 6.44. The van der Waals surface area contributed by atoms with E-state index in [9.17, 15) is 9.59 Å². The van der Waals surface area contributed by atoms with Crippen LogP contribution in [0.2, 0.25) is 0 Å². The summed E-state index contributed by atoms with van der Waals surface area (Å²) in [7, 11) is 0. The Kier molecular flexibility index (Phi) is 5.53. The number of nitrogens with one attached hydrogen (secondary N) is 1. The van der Waals surface area contributed by atoms with E-state index >= 15 is 0 Å². The van der Waals surface area contributed by atoms with Gasteiger partial charge in [0.25, 0.3) is 5.91 Å². The average Bonchev–Trinajstić information content (AvgIpc) is 3.14. The number of carbonyl (C=O) groups excluding carboxylic acids is 1. The number of aryl methyl sites for hydroxylation is 2. The number of aromatic nitrogens is 2. The van der Waals surface area contributed by atoms with E-state index < -0.39 is 6.09 Å². The van der Waals surface area contributed by atoms with Crippen LogP contribution < -0.4 is 16.0 Å². The number of anilines is 2. The number of hydrogen-bond acceptors (Lipinski definition) is 7. The molecule has 0 unspecified atom stereocenters. The SMILES string of the molecule is Cc1ccc2c(N)c(C(=O)N[C@H]3CCc4cc(N5CCN(C(=O)O)CC5)cnc4C3)sc2n1. The molecule has 0 saturated carbocycles. The highest BCUT2D eigenvalue weighted by Gasteiger charge is 2.26. The first-order valence-corrected chi connectivity index (χ1v) is 11.9. The number of pyridine rings is 2. The first-order chi connectivity index (χ1) is 15.9. The highest BCUT2D eigenvalue weighted by atomic mass is 32.1. The van der Waals surface area contributed by atoms with Crippen molar-refractivity contribution in [1.29, 1.82) is 0 Å². The van der Waals surface area contributed by atoms with Gasteiger partial charge in [0.05, 0.1) is 17.6 Å². The van der Waals surface area contributed by atoms with Crippen molar-refractivity contribution < 1.29 is 14.7 Å². The Hall–Kier alpha value is -3.40. The fraction of sp³-hybridized carbons (Fsp3) is 0.391. The third-order valence-corrected chi connectivity index (χ3v) is 7.55. The second-order valence-corrected chi connectivity index (χ2v) is 9.62. The highest BCUT2D eigenvalue weighted by molar-refractivity contribution is 7.21. The van der Waals surface area contributed by atoms with Crippen LogP contribution in [0.4, 0.5) is 16.2 Å². The smallest absolute Gasteiger partial charge is 0.407 e. The molecule has 33 heavy (non-hydrogen) atoms. The van der Waals surface area contributed by atoms with Gasteiger partial charge in [-0.2, -0.15) is 0 Å². The second kappa shape index (κ2) is 8.51. The number of nitrogen functional groups attached to an aromatic ring is 1. The van der Waals surface area contributed by atoms with Crippen LogP contribution in [-0.4, -0.2) is 64.2 Å². The Labute approximate surface area is 195 Å². The van der Waals surface area contributed by atoms with Crippen molar-refractivity contribution in [2.24, 2.45) is 0 Å². The first kappa shape index (κ1) is 21.4. The minimum absolute atomic E-state index is 0.00164. The minimum Gasteiger partial charge on any atom is -0.465 e. The maximum Gasteiger partial charge on any atom is 0.407 e. The second-order valence-electron chi connectivity index (χ2n) is 8.62. The van der Waals surface area contributed by atoms with Crippen LogP contribution in [0.15, 0.2) is 24.4 Å². The predicted molar refractivity (Wildman–Crippen MR) is 128 cm³/mol. The summed E-state index contributed by atoms with van der Waals surface area (Å²) >= 11 is 1.33. The maximum absolute atomic E-state index is 13.0. The normalized spacial score (nSPS) is 18.3. The first-order valence-electron chi connectivity index (χ1n) is 11.1. The van der Waals surface area contributed by atoms with Crippen LogP contribution in [0.1, 0.15) is 33.0 Å². The van der Waals surface area contributed by atoms with Gasteiger partial charge in [0.1, 0.15) is 9.71 Å². The molecular formula is C23H26N6O3S. The van der Waals surface area contributed by atoms with Gasteiger partial charge in [-0.25, -0.2) is 9.78 Å². The summed E-state index contributed by atoms with van der Waals surface area (Å²) in [5, 5.41) is 13.1. The summed E-state index contributed by atoms with van der Waals surface area (Å²) in [6, 6.07) is 5.98.